The predicted octanol–water partition coefficient (Wildman–Crippen LogP) is 1.93. The van der Waals surface area contributed by atoms with Crippen LogP contribution in [-0.2, 0) is 6.54 Å². The highest BCUT2D eigenvalue weighted by Gasteiger charge is 2.25. The summed E-state index contributed by atoms with van der Waals surface area (Å²) in [7, 11) is 1.84. The Balaban J connectivity index is 1.63. The van der Waals surface area contributed by atoms with Crippen LogP contribution in [0.15, 0.2) is 64.3 Å². The Morgan fingerprint density at radius 3 is 2.69 bits per heavy atom. The van der Waals surface area contributed by atoms with Crippen molar-refractivity contribution in [3.63, 3.8) is 0 Å². The average molecular weight is 476 g/mol. The number of nitrogen functional groups attached to an aromatic ring is 1. The van der Waals surface area contributed by atoms with Crippen molar-refractivity contribution in [1.29, 1.82) is 0 Å². The largest absolute Gasteiger partial charge is 0.378 e. The molecule has 0 fully saturated rings. The fourth-order valence-corrected chi connectivity index (χ4v) is 3.22. The Hall–Kier alpha value is -5.14. The number of amides is 1. The van der Waals surface area contributed by atoms with Gasteiger partial charge in [0.2, 0.25) is 11.6 Å². The number of non-ortho nitro benzene ring substituents is 1. The van der Waals surface area contributed by atoms with E-state index in [1.165, 1.54) is 22.9 Å². The van der Waals surface area contributed by atoms with Gasteiger partial charge in [0, 0.05) is 30.4 Å². The summed E-state index contributed by atoms with van der Waals surface area (Å²) in [5.74, 6) is -0.582. The molecule has 35 heavy (non-hydrogen) atoms. The van der Waals surface area contributed by atoms with Gasteiger partial charge in [-0.2, -0.15) is 9.78 Å². The van der Waals surface area contributed by atoms with Crippen LogP contribution in [-0.4, -0.2) is 48.9 Å². The number of carbonyl (C=O) groups excluding carboxylic acids is 1. The van der Waals surface area contributed by atoms with Crippen molar-refractivity contribution in [2.24, 2.45) is 5.10 Å². The molecule has 0 spiro atoms. The maximum absolute atomic E-state index is 13.0. The maximum Gasteiger partial charge on any atom is 0.293 e. The molecule has 0 saturated heterocycles. The minimum atomic E-state index is -0.646. The van der Waals surface area contributed by atoms with E-state index in [1.807, 2.05) is 42.3 Å². The van der Waals surface area contributed by atoms with E-state index in [9.17, 15) is 14.9 Å². The number of benzene rings is 2. The van der Waals surface area contributed by atoms with Gasteiger partial charge in [-0.1, -0.05) is 35.5 Å². The first-order chi connectivity index (χ1) is 16.8. The third-order valence-corrected chi connectivity index (χ3v) is 5.06. The lowest BCUT2D eigenvalue weighted by atomic mass is 10.1. The summed E-state index contributed by atoms with van der Waals surface area (Å²) in [6, 6.07) is 15.4. The van der Waals surface area contributed by atoms with Crippen LogP contribution >= 0.6 is 0 Å². The van der Waals surface area contributed by atoms with Gasteiger partial charge in [-0.3, -0.25) is 14.9 Å². The number of para-hydroxylation sites is 1. The molecule has 178 valence electrons. The molecule has 0 bridgehead atoms. The van der Waals surface area contributed by atoms with Crippen molar-refractivity contribution < 1.29 is 14.3 Å². The molecular weight excluding hydrogens is 456 g/mol. The number of nitro groups is 1. The second-order valence-corrected chi connectivity index (χ2v) is 7.41. The molecule has 0 radical (unpaired) electrons. The van der Waals surface area contributed by atoms with E-state index in [0.29, 0.717) is 17.0 Å². The van der Waals surface area contributed by atoms with Crippen LogP contribution in [0.1, 0.15) is 28.7 Å². The molecular formula is C21H20N10O4. The molecule has 14 heteroatoms. The highest BCUT2D eigenvalue weighted by Crippen LogP contribution is 2.20. The summed E-state index contributed by atoms with van der Waals surface area (Å²) in [5, 5.41) is 30.4. The summed E-state index contributed by atoms with van der Waals surface area (Å²) < 4.78 is 5.95. The van der Waals surface area contributed by atoms with E-state index in [-0.39, 0.29) is 29.6 Å². The summed E-state index contributed by atoms with van der Waals surface area (Å²) in [5.41, 5.74) is 10.2. The second-order valence-electron chi connectivity index (χ2n) is 7.41. The van der Waals surface area contributed by atoms with Gasteiger partial charge in [0.25, 0.3) is 11.6 Å². The number of nitrogens with two attached hydrogens (primary N) is 1. The number of nitro benzene ring substituents is 1. The first-order valence-electron chi connectivity index (χ1n) is 10.2. The van der Waals surface area contributed by atoms with Crippen molar-refractivity contribution in [3.05, 3.63) is 81.7 Å². The second kappa shape index (κ2) is 9.78. The summed E-state index contributed by atoms with van der Waals surface area (Å²) in [4.78, 5) is 25.4. The highest BCUT2D eigenvalue weighted by molar-refractivity contribution is 6.01. The van der Waals surface area contributed by atoms with Gasteiger partial charge in [0.15, 0.2) is 5.69 Å². The molecule has 1 amide bonds. The number of carbonyl (C=O) groups is 1. The van der Waals surface area contributed by atoms with Crippen molar-refractivity contribution in [2.45, 2.75) is 13.5 Å². The number of aromatic nitrogens is 5. The molecule has 0 aliphatic heterocycles. The molecule has 2 heterocycles. The molecule has 0 aliphatic rings. The lowest BCUT2D eigenvalue weighted by Crippen LogP contribution is -2.25. The van der Waals surface area contributed by atoms with Crippen molar-refractivity contribution in [1.82, 2.24) is 30.7 Å². The first-order valence-corrected chi connectivity index (χ1v) is 10.2. The van der Waals surface area contributed by atoms with Gasteiger partial charge in [-0.05, 0) is 29.4 Å². The van der Waals surface area contributed by atoms with Crippen LogP contribution in [0.5, 0.6) is 0 Å². The lowest BCUT2D eigenvalue weighted by molar-refractivity contribution is -0.384. The third-order valence-electron chi connectivity index (χ3n) is 5.06. The standard InChI is InChI=1S/C21H20N10O4/c1-13(14-7-6-10-16(11-14)31(33)34)23-25-21(32)18-17(12-29(2)15-8-4-3-5-9-15)30(28-24-18)20-19(22)26-35-27-20/h3-11H,12H2,1-2H3,(H2,22,26)(H,25,32). The molecule has 4 aromatic rings. The van der Waals surface area contributed by atoms with E-state index < -0.39 is 10.8 Å². The zero-order valence-corrected chi connectivity index (χ0v) is 18.7. The van der Waals surface area contributed by atoms with E-state index in [2.05, 4.69) is 35.8 Å². The van der Waals surface area contributed by atoms with Gasteiger partial charge in [0.1, 0.15) is 0 Å². The molecule has 0 saturated carbocycles. The Kier molecular flexibility index (Phi) is 6.44. The van der Waals surface area contributed by atoms with Gasteiger partial charge >= 0.3 is 0 Å². The fraction of sp³-hybridized carbons (Fsp3) is 0.143. The average Bonchev–Trinajstić information content (AvgIpc) is 3.48. The maximum atomic E-state index is 13.0. The monoisotopic (exact) mass is 476 g/mol. The number of anilines is 2. The zero-order valence-electron chi connectivity index (χ0n) is 18.7. The first kappa shape index (κ1) is 23.0. The number of nitrogens with one attached hydrogen (secondary N) is 1. The smallest absolute Gasteiger partial charge is 0.293 e. The van der Waals surface area contributed by atoms with Crippen LogP contribution in [0.2, 0.25) is 0 Å². The molecule has 2 aromatic carbocycles. The molecule has 0 aliphatic carbocycles. The van der Waals surface area contributed by atoms with Crippen LogP contribution in [0.4, 0.5) is 17.2 Å². The van der Waals surface area contributed by atoms with Gasteiger partial charge in [-0.15, -0.1) is 5.10 Å². The minimum Gasteiger partial charge on any atom is -0.378 e. The topological polar surface area (TPSA) is 183 Å². The van der Waals surface area contributed by atoms with E-state index in [0.717, 1.165) is 5.69 Å². The van der Waals surface area contributed by atoms with Crippen molar-refractivity contribution >= 4 is 28.8 Å². The minimum absolute atomic E-state index is 0.0224. The highest BCUT2D eigenvalue weighted by atomic mass is 16.6. The molecule has 0 atom stereocenters. The van der Waals surface area contributed by atoms with Gasteiger partial charge in [0.05, 0.1) is 22.9 Å². The van der Waals surface area contributed by atoms with Crippen LogP contribution < -0.4 is 16.1 Å². The summed E-state index contributed by atoms with van der Waals surface area (Å²) >= 11 is 0. The number of hydrogen-bond acceptors (Lipinski definition) is 11. The Morgan fingerprint density at radius 1 is 1.23 bits per heavy atom. The third kappa shape index (κ3) is 4.95. The number of rotatable bonds is 8. The molecule has 14 nitrogen and oxygen atoms in total. The van der Waals surface area contributed by atoms with Crippen LogP contribution in [0, 0.1) is 10.1 Å². The molecule has 4 rings (SSSR count). The predicted molar refractivity (Wildman–Crippen MR) is 125 cm³/mol. The molecule has 2 aromatic heterocycles. The fourth-order valence-electron chi connectivity index (χ4n) is 3.22. The van der Waals surface area contributed by atoms with Crippen molar-refractivity contribution in [3.8, 4) is 5.82 Å². The number of nitrogens with zero attached hydrogens (tertiary/aromatic N) is 8. The Bertz CT molecular complexity index is 1400. The number of hydrazone groups is 1. The van der Waals surface area contributed by atoms with E-state index in [1.54, 1.807) is 13.0 Å². The van der Waals surface area contributed by atoms with Gasteiger partial charge < -0.3 is 10.6 Å². The summed E-state index contributed by atoms with van der Waals surface area (Å²) in [6.45, 7) is 1.82. The van der Waals surface area contributed by atoms with Gasteiger partial charge in [-0.25, -0.2) is 10.1 Å². The lowest BCUT2D eigenvalue weighted by Gasteiger charge is -2.19. The summed E-state index contributed by atoms with van der Waals surface area (Å²) in [6.07, 6.45) is 0. The van der Waals surface area contributed by atoms with Crippen LogP contribution in [0.3, 0.4) is 0 Å². The molecule has 3 N–H and O–H groups in total. The van der Waals surface area contributed by atoms with Crippen LogP contribution in [0.25, 0.3) is 5.82 Å². The zero-order chi connectivity index (χ0) is 24.9. The molecule has 0 unspecified atom stereocenters. The van der Waals surface area contributed by atoms with E-state index >= 15 is 0 Å². The number of hydrogen-bond donors (Lipinski definition) is 2. The SMILES string of the molecule is CC(=NNC(=O)c1nnn(-c2nonc2N)c1CN(C)c1ccccc1)c1cccc([N+](=O)[O-])c1. The van der Waals surface area contributed by atoms with Crippen molar-refractivity contribution in [2.75, 3.05) is 17.7 Å². The normalized spacial score (nSPS) is 11.3. The van der Waals surface area contributed by atoms with E-state index in [4.69, 9.17) is 5.73 Å². The Morgan fingerprint density at radius 2 is 2.00 bits per heavy atom. The quantitative estimate of drug-likeness (QED) is 0.216. The Labute approximate surface area is 198 Å².